The third kappa shape index (κ3) is 2.91. The smallest absolute Gasteiger partial charge is 0.199 e. The second-order valence-corrected chi connectivity index (χ2v) is 13.0. The Labute approximate surface area is 235 Å². The summed E-state index contributed by atoms with van der Waals surface area (Å²) in [4.78, 5) is 29.8. The molecule has 0 spiro atoms. The summed E-state index contributed by atoms with van der Waals surface area (Å²) in [7, 11) is 0. The number of thiophene rings is 1. The van der Waals surface area contributed by atoms with Crippen LogP contribution >= 0.6 is 34.5 Å². The Morgan fingerprint density at radius 1 is 0.737 bits per heavy atom. The van der Waals surface area contributed by atoms with Crippen molar-refractivity contribution in [1.29, 1.82) is 0 Å². The Kier molecular flexibility index (Phi) is 4.84. The number of benzene rings is 3. The molecule has 1 aromatic heterocycles. The molecular weight excluding hydrogens is 533 g/mol. The van der Waals surface area contributed by atoms with Crippen molar-refractivity contribution in [2.75, 3.05) is 4.90 Å². The molecule has 0 radical (unpaired) electrons. The molecule has 3 aromatic carbocycles. The molecule has 38 heavy (non-hydrogen) atoms. The third-order valence-corrected chi connectivity index (χ3v) is 10.1. The van der Waals surface area contributed by atoms with Crippen LogP contribution in [0.15, 0.2) is 66.2 Å². The summed E-state index contributed by atoms with van der Waals surface area (Å²) >= 11 is 14.2. The van der Waals surface area contributed by atoms with Crippen LogP contribution in [0.25, 0.3) is 6.08 Å². The third-order valence-electron chi connectivity index (χ3n) is 8.37. The lowest BCUT2D eigenvalue weighted by atomic mass is 9.67. The highest BCUT2D eigenvalue weighted by molar-refractivity contribution is 7.17. The van der Waals surface area contributed by atoms with Gasteiger partial charge in [0, 0.05) is 15.7 Å². The lowest BCUT2D eigenvalue weighted by molar-refractivity contribution is 0.0990. The van der Waals surface area contributed by atoms with Gasteiger partial charge in [-0.1, -0.05) is 87.3 Å². The first-order valence-corrected chi connectivity index (χ1v) is 14.1. The van der Waals surface area contributed by atoms with E-state index in [2.05, 4.69) is 81.1 Å². The lowest BCUT2D eigenvalue weighted by Gasteiger charge is -2.48. The topological polar surface area (TPSA) is 37.4 Å². The summed E-state index contributed by atoms with van der Waals surface area (Å²) in [6.45, 7) is 9.07. The zero-order valence-electron chi connectivity index (χ0n) is 21.3. The molecule has 188 valence electrons. The molecule has 0 fully saturated rings. The number of ketones is 2. The predicted molar refractivity (Wildman–Crippen MR) is 156 cm³/mol. The van der Waals surface area contributed by atoms with Gasteiger partial charge < -0.3 is 4.90 Å². The highest BCUT2D eigenvalue weighted by Crippen LogP contribution is 2.61. The van der Waals surface area contributed by atoms with E-state index in [0.717, 1.165) is 15.6 Å². The monoisotopic (exact) mass is 555 g/mol. The summed E-state index contributed by atoms with van der Waals surface area (Å²) in [5, 5.41) is 1.60. The van der Waals surface area contributed by atoms with Crippen molar-refractivity contribution in [3.8, 4) is 0 Å². The van der Waals surface area contributed by atoms with E-state index in [9.17, 15) is 9.59 Å². The molecular formula is C32H23Cl2NO2S. The average molecular weight is 557 g/mol. The van der Waals surface area contributed by atoms with Crippen LogP contribution in [0.5, 0.6) is 0 Å². The van der Waals surface area contributed by atoms with Crippen LogP contribution < -0.4 is 4.90 Å². The quantitative estimate of drug-likeness (QED) is 0.173. The fourth-order valence-electron chi connectivity index (χ4n) is 6.34. The first-order valence-electron chi connectivity index (χ1n) is 12.5. The van der Waals surface area contributed by atoms with Crippen molar-refractivity contribution >= 4 is 68.6 Å². The van der Waals surface area contributed by atoms with Crippen molar-refractivity contribution in [3.05, 3.63) is 115 Å². The number of rotatable bonds is 1. The van der Waals surface area contributed by atoms with Crippen molar-refractivity contribution in [2.45, 2.75) is 38.5 Å². The molecule has 0 amide bonds. The Bertz CT molecular complexity index is 1750. The van der Waals surface area contributed by atoms with Crippen molar-refractivity contribution in [2.24, 2.45) is 0 Å². The van der Waals surface area contributed by atoms with Gasteiger partial charge in [0.1, 0.15) is 5.00 Å². The molecule has 6 heteroatoms. The van der Waals surface area contributed by atoms with Gasteiger partial charge in [0.05, 0.1) is 38.1 Å². The van der Waals surface area contributed by atoms with Gasteiger partial charge >= 0.3 is 0 Å². The number of allylic oxidation sites excluding steroid dienone is 1. The molecule has 3 nitrogen and oxygen atoms in total. The van der Waals surface area contributed by atoms with Gasteiger partial charge in [-0.05, 0) is 52.6 Å². The number of halogens is 2. The normalized spacial score (nSPS) is 17.6. The minimum absolute atomic E-state index is 0.102. The maximum Gasteiger partial charge on any atom is 0.199 e. The molecule has 0 saturated carbocycles. The molecule has 0 N–H and O–H groups in total. The van der Waals surface area contributed by atoms with E-state index < -0.39 is 0 Å². The van der Waals surface area contributed by atoms with Crippen LogP contribution in [0.1, 0.15) is 75.5 Å². The van der Waals surface area contributed by atoms with E-state index in [1.54, 1.807) is 29.5 Å². The standard InChI is InChI=1S/C32H23Cl2NO2S/c1-31(2)18-8-5-6-11-24(18)35-27-19(31)9-7-10-20(27)32(3,4)21-15-16(38-30(21)35)14-17-28(36)25-22(33)12-13-23(34)26(25)29(17)37/h5-15H,1-4H3. The van der Waals surface area contributed by atoms with Crippen molar-refractivity contribution < 1.29 is 9.59 Å². The second kappa shape index (κ2) is 7.69. The molecule has 0 bridgehead atoms. The van der Waals surface area contributed by atoms with Crippen LogP contribution in [0.4, 0.5) is 16.4 Å². The van der Waals surface area contributed by atoms with Crippen molar-refractivity contribution in [1.82, 2.24) is 0 Å². The van der Waals surface area contributed by atoms with Crippen LogP contribution in [0.3, 0.4) is 0 Å². The Morgan fingerprint density at radius 2 is 1.29 bits per heavy atom. The number of carbonyl (C=O) groups is 2. The van der Waals surface area contributed by atoms with Crippen molar-refractivity contribution in [3.63, 3.8) is 0 Å². The van der Waals surface area contributed by atoms with E-state index in [1.807, 2.05) is 0 Å². The fraction of sp³-hybridized carbons (Fsp3) is 0.188. The number of hydrogen-bond acceptors (Lipinski definition) is 4. The molecule has 7 rings (SSSR count). The summed E-state index contributed by atoms with van der Waals surface area (Å²) in [6, 6.07) is 20.4. The Morgan fingerprint density at radius 3 is 1.92 bits per heavy atom. The van der Waals surface area contributed by atoms with Gasteiger partial charge in [-0.15, -0.1) is 11.3 Å². The lowest BCUT2D eigenvalue weighted by Crippen LogP contribution is -2.37. The van der Waals surface area contributed by atoms with Crippen LogP contribution in [0.2, 0.25) is 10.0 Å². The van der Waals surface area contributed by atoms with Gasteiger partial charge in [-0.3, -0.25) is 9.59 Å². The number of nitrogens with zero attached hydrogens (tertiary/aromatic N) is 1. The summed E-state index contributed by atoms with van der Waals surface area (Å²) in [5.41, 5.74) is 7.45. The van der Waals surface area contributed by atoms with E-state index in [0.29, 0.717) is 0 Å². The molecule has 3 aliphatic rings. The minimum atomic E-state index is -0.376. The molecule has 3 heterocycles. The molecule has 2 aliphatic heterocycles. The number of hydrogen-bond donors (Lipinski definition) is 0. The van der Waals surface area contributed by atoms with Gasteiger partial charge in [-0.25, -0.2) is 0 Å². The number of para-hydroxylation sites is 2. The highest BCUT2D eigenvalue weighted by Gasteiger charge is 2.46. The summed E-state index contributed by atoms with van der Waals surface area (Å²) < 4.78 is 0. The first kappa shape index (κ1) is 23.9. The van der Waals surface area contributed by atoms with Gasteiger partial charge in [-0.2, -0.15) is 0 Å². The Balaban J connectivity index is 1.45. The van der Waals surface area contributed by atoms with Gasteiger partial charge in [0.2, 0.25) is 0 Å². The largest absolute Gasteiger partial charge is 0.301 e. The average Bonchev–Trinajstić information content (AvgIpc) is 3.42. The van der Waals surface area contributed by atoms with E-state index >= 15 is 0 Å². The van der Waals surface area contributed by atoms with E-state index in [-0.39, 0.29) is 49.1 Å². The molecule has 0 atom stereocenters. The zero-order chi connectivity index (χ0) is 26.7. The van der Waals surface area contributed by atoms with E-state index in [1.165, 1.54) is 27.9 Å². The van der Waals surface area contributed by atoms with Gasteiger partial charge in [0.25, 0.3) is 0 Å². The minimum Gasteiger partial charge on any atom is -0.301 e. The second-order valence-electron chi connectivity index (χ2n) is 11.2. The first-order chi connectivity index (χ1) is 18.0. The van der Waals surface area contributed by atoms with Crippen LogP contribution in [0, 0.1) is 0 Å². The molecule has 1 aliphatic carbocycles. The predicted octanol–water partition coefficient (Wildman–Crippen LogP) is 9.27. The molecule has 0 unspecified atom stereocenters. The fourth-order valence-corrected chi connectivity index (χ4v) is 8.11. The summed E-state index contributed by atoms with van der Waals surface area (Å²) in [5.74, 6) is -0.752. The van der Waals surface area contributed by atoms with Crippen LogP contribution in [-0.2, 0) is 10.8 Å². The molecule has 0 saturated heterocycles. The molecule has 4 aromatic rings. The van der Waals surface area contributed by atoms with E-state index in [4.69, 9.17) is 23.2 Å². The maximum absolute atomic E-state index is 13.3. The Hall–Kier alpha value is -3.18. The number of carbonyl (C=O) groups excluding carboxylic acids is 2. The SMILES string of the molecule is CC1(C)c2ccccc2N2c3sc(C=C4C(=O)c5c(Cl)ccc(Cl)c5C4=O)cc3C(C)(C)c3cccc1c32. The number of anilines is 3. The summed E-state index contributed by atoms with van der Waals surface area (Å²) in [6.07, 6.45) is 1.71. The highest BCUT2D eigenvalue weighted by atomic mass is 35.5. The number of fused-ring (bicyclic) bond motifs is 5. The van der Waals surface area contributed by atoms with Crippen LogP contribution in [-0.4, -0.2) is 11.6 Å². The number of Topliss-reactive ketones (excluding diaryl/α,β-unsaturated/α-hetero) is 2. The maximum atomic E-state index is 13.3. The zero-order valence-corrected chi connectivity index (χ0v) is 23.6. The van der Waals surface area contributed by atoms with Gasteiger partial charge in [0.15, 0.2) is 11.6 Å².